The highest BCUT2D eigenvalue weighted by Crippen LogP contribution is 2.34. The number of benzene rings is 3. The molecule has 0 bridgehead atoms. The van der Waals surface area contributed by atoms with Gasteiger partial charge in [-0.3, -0.25) is 0 Å². The van der Waals surface area contributed by atoms with Gasteiger partial charge >= 0.3 is 0 Å². The minimum absolute atomic E-state index is 0.103. The molecule has 24 heavy (non-hydrogen) atoms. The topological polar surface area (TPSA) is 72.7 Å². The van der Waals surface area contributed by atoms with Gasteiger partial charge in [0.1, 0.15) is 5.75 Å². The molecule has 4 N–H and O–H groups in total. The second kappa shape index (κ2) is 7.45. The molecule has 124 valence electrons. The van der Waals surface area contributed by atoms with Gasteiger partial charge in [0, 0.05) is 12.1 Å². The van der Waals surface area contributed by atoms with Crippen LogP contribution < -0.4 is 5.32 Å². The largest absolute Gasteiger partial charge is 0.508 e. The zero-order valence-electron chi connectivity index (χ0n) is 13.3. The zero-order valence-corrected chi connectivity index (χ0v) is 13.3. The summed E-state index contributed by atoms with van der Waals surface area (Å²) >= 11 is 0. The second-order valence-corrected chi connectivity index (χ2v) is 5.81. The number of aliphatic hydroxyl groups excluding tert-OH is 2. The molecule has 0 spiro atoms. The normalized spacial score (nSPS) is 13.8. The van der Waals surface area contributed by atoms with Gasteiger partial charge in [-0.25, -0.2) is 0 Å². The number of phenolic OH excluding ortho intramolecular Hbond substituents is 1. The van der Waals surface area contributed by atoms with Crippen molar-refractivity contribution in [3.8, 4) is 5.75 Å². The summed E-state index contributed by atoms with van der Waals surface area (Å²) in [7, 11) is 0. The molecule has 4 heteroatoms. The predicted octanol–water partition coefficient (Wildman–Crippen LogP) is 2.73. The summed E-state index contributed by atoms with van der Waals surface area (Å²) in [6.07, 6.45) is -1.02. The number of rotatable bonds is 6. The fourth-order valence-electron chi connectivity index (χ4n) is 2.97. The maximum atomic E-state index is 10.4. The van der Waals surface area contributed by atoms with E-state index < -0.39 is 18.8 Å². The lowest BCUT2D eigenvalue weighted by Gasteiger charge is -2.25. The smallest absolute Gasteiger partial charge is 0.121 e. The number of nitrogens with one attached hydrogen (secondary N) is 1. The Balaban J connectivity index is 1.98. The molecule has 0 fully saturated rings. The van der Waals surface area contributed by atoms with Gasteiger partial charge in [-0.1, -0.05) is 60.7 Å². The summed E-state index contributed by atoms with van der Waals surface area (Å²) < 4.78 is 0. The van der Waals surface area contributed by atoms with Crippen molar-refractivity contribution in [3.63, 3.8) is 0 Å². The predicted molar refractivity (Wildman–Crippen MR) is 94.7 cm³/mol. The highest BCUT2D eigenvalue weighted by Gasteiger charge is 2.25. The first-order valence-corrected chi connectivity index (χ1v) is 7.97. The van der Waals surface area contributed by atoms with Crippen LogP contribution in [0, 0.1) is 0 Å². The average molecular weight is 323 g/mol. The zero-order chi connectivity index (χ0) is 16.9. The van der Waals surface area contributed by atoms with E-state index in [4.69, 9.17) is 0 Å². The van der Waals surface area contributed by atoms with Crippen LogP contribution in [0.5, 0.6) is 5.75 Å². The highest BCUT2D eigenvalue weighted by atomic mass is 16.3. The van der Waals surface area contributed by atoms with Gasteiger partial charge in [0.2, 0.25) is 0 Å². The monoisotopic (exact) mass is 323 g/mol. The standard InChI is InChI=1S/C20H21NO3/c22-13-18(24)20(21-12-14-6-2-1-3-7-14)19-16-9-5-4-8-15(16)10-11-17(19)23/h1-11,18,20-24H,12-13H2/t18-,20-/m1/s1. The Labute approximate surface area is 141 Å². The molecular formula is C20H21NO3. The maximum Gasteiger partial charge on any atom is 0.121 e. The first-order valence-electron chi connectivity index (χ1n) is 7.97. The summed E-state index contributed by atoms with van der Waals surface area (Å²) in [5, 5.41) is 35.2. The lowest BCUT2D eigenvalue weighted by molar-refractivity contribution is 0.0615. The minimum Gasteiger partial charge on any atom is -0.508 e. The number of phenols is 1. The molecule has 0 saturated heterocycles. The van der Waals surface area contributed by atoms with Crippen molar-refractivity contribution in [1.82, 2.24) is 5.32 Å². The van der Waals surface area contributed by atoms with Crippen molar-refractivity contribution in [2.24, 2.45) is 0 Å². The van der Waals surface area contributed by atoms with Crippen molar-refractivity contribution < 1.29 is 15.3 Å². The van der Waals surface area contributed by atoms with E-state index in [0.717, 1.165) is 16.3 Å². The van der Waals surface area contributed by atoms with E-state index >= 15 is 0 Å². The Bertz CT molecular complexity index is 804. The summed E-state index contributed by atoms with van der Waals surface area (Å²) in [5.41, 5.74) is 1.66. The Morgan fingerprint density at radius 2 is 1.58 bits per heavy atom. The van der Waals surface area contributed by atoms with Crippen LogP contribution in [0.3, 0.4) is 0 Å². The van der Waals surface area contributed by atoms with Crippen LogP contribution in [-0.4, -0.2) is 28.0 Å². The van der Waals surface area contributed by atoms with Crippen LogP contribution in [0.15, 0.2) is 66.7 Å². The van der Waals surface area contributed by atoms with Crippen LogP contribution in [0.4, 0.5) is 0 Å². The quantitative estimate of drug-likeness (QED) is 0.563. The van der Waals surface area contributed by atoms with Gasteiger partial charge in [-0.05, 0) is 22.4 Å². The number of hydrogen-bond acceptors (Lipinski definition) is 4. The van der Waals surface area contributed by atoms with Crippen LogP contribution in [0.1, 0.15) is 17.2 Å². The van der Waals surface area contributed by atoms with Gasteiger partial charge in [-0.15, -0.1) is 0 Å². The second-order valence-electron chi connectivity index (χ2n) is 5.81. The Hall–Kier alpha value is -2.40. The van der Waals surface area contributed by atoms with E-state index in [1.165, 1.54) is 0 Å². The lowest BCUT2D eigenvalue weighted by atomic mass is 9.94. The first-order chi connectivity index (χ1) is 11.7. The molecule has 0 radical (unpaired) electrons. The Morgan fingerprint density at radius 1 is 0.875 bits per heavy atom. The molecule has 3 aromatic rings. The van der Waals surface area contributed by atoms with Crippen molar-refractivity contribution in [2.45, 2.75) is 18.7 Å². The molecule has 0 heterocycles. The first kappa shape index (κ1) is 16.5. The van der Waals surface area contributed by atoms with E-state index in [1.54, 1.807) is 6.07 Å². The fourth-order valence-corrected chi connectivity index (χ4v) is 2.97. The Morgan fingerprint density at radius 3 is 2.33 bits per heavy atom. The van der Waals surface area contributed by atoms with Crippen LogP contribution >= 0.6 is 0 Å². The van der Waals surface area contributed by atoms with Gasteiger partial charge in [-0.2, -0.15) is 0 Å². The lowest BCUT2D eigenvalue weighted by Crippen LogP contribution is -2.34. The summed E-state index contributed by atoms with van der Waals surface area (Å²) in [4.78, 5) is 0. The van der Waals surface area contributed by atoms with Crippen molar-refractivity contribution >= 4 is 10.8 Å². The highest BCUT2D eigenvalue weighted by molar-refractivity contribution is 5.88. The Kier molecular flexibility index (Phi) is 5.11. The van der Waals surface area contributed by atoms with E-state index in [1.807, 2.05) is 60.7 Å². The third-order valence-corrected chi connectivity index (χ3v) is 4.20. The summed E-state index contributed by atoms with van der Waals surface area (Å²) in [5.74, 6) is 0.103. The molecule has 0 aromatic heterocycles. The van der Waals surface area contributed by atoms with E-state index in [0.29, 0.717) is 12.1 Å². The van der Waals surface area contributed by atoms with Crippen molar-refractivity contribution in [1.29, 1.82) is 0 Å². The third kappa shape index (κ3) is 3.41. The van der Waals surface area contributed by atoms with E-state index in [2.05, 4.69) is 5.32 Å². The van der Waals surface area contributed by atoms with Gasteiger partial charge < -0.3 is 20.6 Å². The van der Waals surface area contributed by atoms with Crippen LogP contribution in [-0.2, 0) is 6.54 Å². The number of aromatic hydroxyl groups is 1. The average Bonchev–Trinajstić information content (AvgIpc) is 2.63. The minimum atomic E-state index is -1.02. The van der Waals surface area contributed by atoms with Gasteiger partial charge in [0.25, 0.3) is 0 Å². The molecule has 0 unspecified atom stereocenters. The molecule has 0 aliphatic rings. The molecule has 0 aliphatic carbocycles. The van der Waals surface area contributed by atoms with E-state index in [9.17, 15) is 15.3 Å². The van der Waals surface area contributed by atoms with Crippen molar-refractivity contribution in [2.75, 3.05) is 6.61 Å². The number of aliphatic hydroxyl groups is 2. The number of hydrogen-bond donors (Lipinski definition) is 4. The molecular weight excluding hydrogens is 302 g/mol. The molecule has 0 aliphatic heterocycles. The molecule has 3 aromatic carbocycles. The molecule has 2 atom stereocenters. The molecule has 0 amide bonds. The fraction of sp³-hybridized carbons (Fsp3) is 0.200. The molecule has 0 saturated carbocycles. The van der Waals surface area contributed by atoms with Crippen molar-refractivity contribution in [3.05, 3.63) is 77.9 Å². The van der Waals surface area contributed by atoms with Gasteiger partial charge in [0.15, 0.2) is 0 Å². The third-order valence-electron chi connectivity index (χ3n) is 4.20. The van der Waals surface area contributed by atoms with Crippen LogP contribution in [0.25, 0.3) is 10.8 Å². The van der Waals surface area contributed by atoms with Gasteiger partial charge in [0.05, 0.1) is 18.8 Å². The summed E-state index contributed by atoms with van der Waals surface area (Å²) in [6, 6.07) is 20.4. The number of fused-ring (bicyclic) bond motifs is 1. The molecule has 3 rings (SSSR count). The summed E-state index contributed by atoms with van der Waals surface area (Å²) in [6.45, 7) is 0.125. The van der Waals surface area contributed by atoms with Crippen LogP contribution in [0.2, 0.25) is 0 Å². The molecule has 4 nitrogen and oxygen atoms in total. The van der Waals surface area contributed by atoms with E-state index in [-0.39, 0.29) is 5.75 Å². The maximum absolute atomic E-state index is 10.4. The SMILES string of the molecule is OC[C@@H](O)[C@@H](NCc1ccccc1)c1c(O)ccc2ccccc12.